The quantitative estimate of drug-likeness (QED) is 0.405. The molecular weight excluding hydrogens is 213 g/mol. The van der Waals surface area contributed by atoms with Gasteiger partial charge in [-0.25, -0.2) is 0 Å². The van der Waals surface area contributed by atoms with Gasteiger partial charge in [0.25, 0.3) is 0 Å². The average molecular weight is 227 g/mol. The lowest BCUT2D eigenvalue weighted by Gasteiger charge is -2.04. The molecule has 0 aromatic heterocycles. The van der Waals surface area contributed by atoms with E-state index in [0.29, 0.717) is 0 Å². The monoisotopic (exact) mass is 227 g/mol. The van der Waals surface area contributed by atoms with Crippen molar-refractivity contribution in [1.29, 1.82) is 0 Å². The van der Waals surface area contributed by atoms with E-state index in [4.69, 9.17) is 0 Å². The molecule has 0 N–H and O–H groups in total. The van der Waals surface area contributed by atoms with Crippen LogP contribution in [0.5, 0.6) is 0 Å². The summed E-state index contributed by atoms with van der Waals surface area (Å²) in [5.41, 5.74) is 0. The molecule has 0 saturated carbocycles. The molecule has 0 aromatic rings. The first kappa shape index (κ1) is 8.69. The Morgan fingerprint density at radius 2 is 2.00 bits per heavy atom. The van der Waals surface area contributed by atoms with Crippen LogP contribution >= 0.6 is 22.9 Å². The van der Waals surface area contributed by atoms with Crippen molar-refractivity contribution >= 4 is 22.9 Å². The highest BCUT2D eigenvalue weighted by molar-refractivity contribution is 14.1. The lowest BCUT2D eigenvalue weighted by Crippen LogP contribution is -2.04. The molecule has 0 saturated heterocycles. The second-order valence-electron chi connectivity index (χ2n) is 2.04. The zero-order valence-electron chi connectivity index (χ0n) is 5.65. The summed E-state index contributed by atoms with van der Waals surface area (Å²) >= 11 is 2.32. The van der Waals surface area contributed by atoms with E-state index in [0.717, 1.165) is 0 Å². The highest BCUT2D eigenvalue weighted by Gasteiger charge is 1.88. The fraction of sp³-hybridized carbons (Fsp3) is 1.00. The fourth-order valence-electron chi connectivity index (χ4n) is 0.580. The molecule has 0 bridgehead atoms. The molecule has 0 rings (SSSR count). The van der Waals surface area contributed by atoms with Gasteiger partial charge < -0.3 is 0 Å². The fourth-order valence-corrected chi connectivity index (χ4v) is 0.921. The standard InChI is InChI=1S/C6H14IN/c1-3-4-5-6-8(2)7/h3-6H2,1-2H3. The van der Waals surface area contributed by atoms with Gasteiger partial charge in [-0.1, -0.05) is 19.8 Å². The number of halogens is 1. The SMILES string of the molecule is CCCCCN(C)I. The predicted octanol–water partition coefficient (Wildman–Crippen LogP) is 2.46. The van der Waals surface area contributed by atoms with Gasteiger partial charge in [0, 0.05) is 29.4 Å². The van der Waals surface area contributed by atoms with Gasteiger partial charge in [0.05, 0.1) is 0 Å². The second kappa shape index (κ2) is 5.82. The third kappa shape index (κ3) is 6.69. The van der Waals surface area contributed by atoms with E-state index in [1.807, 2.05) is 0 Å². The van der Waals surface area contributed by atoms with Crippen LogP contribution in [-0.4, -0.2) is 16.7 Å². The summed E-state index contributed by atoms with van der Waals surface area (Å²) in [6, 6.07) is 0. The molecule has 0 unspecified atom stereocenters. The Labute approximate surface area is 65.9 Å². The summed E-state index contributed by atoms with van der Waals surface area (Å²) in [7, 11) is 2.11. The average Bonchev–Trinajstić information content (AvgIpc) is 1.66. The molecule has 2 heteroatoms. The zero-order chi connectivity index (χ0) is 6.41. The summed E-state index contributed by atoms with van der Waals surface area (Å²) in [5.74, 6) is 0. The van der Waals surface area contributed by atoms with Crippen LogP contribution in [0.1, 0.15) is 26.2 Å². The molecular formula is C6H14IN. The molecule has 0 fully saturated rings. The Morgan fingerprint density at radius 1 is 1.38 bits per heavy atom. The molecule has 0 radical (unpaired) electrons. The second-order valence-corrected chi connectivity index (χ2v) is 3.68. The Kier molecular flexibility index (Phi) is 6.32. The van der Waals surface area contributed by atoms with Gasteiger partial charge >= 0.3 is 0 Å². The summed E-state index contributed by atoms with van der Waals surface area (Å²) in [4.78, 5) is 0. The normalized spacial score (nSPS) is 10.5. The van der Waals surface area contributed by atoms with E-state index in [9.17, 15) is 0 Å². The smallest absolute Gasteiger partial charge is 0.0198 e. The van der Waals surface area contributed by atoms with Gasteiger partial charge in [0.2, 0.25) is 0 Å². The Bertz CT molecular complexity index is 45.8. The topological polar surface area (TPSA) is 3.24 Å². The largest absolute Gasteiger partial charge is 0.251 e. The number of hydrogen-bond donors (Lipinski definition) is 0. The van der Waals surface area contributed by atoms with Crippen molar-refractivity contribution in [3.05, 3.63) is 0 Å². The maximum atomic E-state index is 2.32. The van der Waals surface area contributed by atoms with Crippen LogP contribution in [0.15, 0.2) is 0 Å². The van der Waals surface area contributed by atoms with Gasteiger partial charge in [-0.05, 0) is 13.5 Å². The predicted molar refractivity (Wildman–Crippen MR) is 46.2 cm³/mol. The van der Waals surface area contributed by atoms with E-state index < -0.39 is 0 Å². The van der Waals surface area contributed by atoms with Gasteiger partial charge in [-0.2, -0.15) is 0 Å². The first-order valence-electron chi connectivity index (χ1n) is 3.14. The molecule has 0 amide bonds. The minimum Gasteiger partial charge on any atom is -0.251 e. The van der Waals surface area contributed by atoms with Gasteiger partial charge in [0.15, 0.2) is 0 Å². The third-order valence-electron chi connectivity index (χ3n) is 1.07. The maximum Gasteiger partial charge on any atom is 0.0198 e. The number of nitrogens with zero attached hydrogens (tertiary/aromatic N) is 1. The van der Waals surface area contributed by atoms with Crippen LogP contribution in [0.3, 0.4) is 0 Å². The first-order valence-corrected chi connectivity index (χ1v) is 4.10. The Hall–Kier alpha value is 0.690. The van der Waals surface area contributed by atoms with Crippen molar-refractivity contribution in [2.75, 3.05) is 13.6 Å². The molecule has 0 heterocycles. The molecule has 0 aliphatic rings. The number of rotatable bonds is 4. The van der Waals surface area contributed by atoms with Crippen LogP contribution in [0.4, 0.5) is 0 Å². The molecule has 0 aliphatic heterocycles. The van der Waals surface area contributed by atoms with E-state index in [1.165, 1.54) is 25.8 Å². The molecule has 0 atom stereocenters. The third-order valence-corrected chi connectivity index (χ3v) is 1.55. The molecule has 0 aromatic carbocycles. The number of hydrogen-bond acceptors (Lipinski definition) is 1. The lowest BCUT2D eigenvalue weighted by molar-refractivity contribution is 0.556. The van der Waals surface area contributed by atoms with Crippen LogP contribution in [0, 0.1) is 0 Å². The van der Waals surface area contributed by atoms with Crippen LogP contribution in [0.25, 0.3) is 0 Å². The minimum atomic E-state index is 1.23. The zero-order valence-corrected chi connectivity index (χ0v) is 7.81. The van der Waals surface area contributed by atoms with Gasteiger partial charge in [-0.15, -0.1) is 0 Å². The highest BCUT2D eigenvalue weighted by atomic mass is 127. The molecule has 1 nitrogen and oxygen atoms in total. The van der Waals surface area contributed by atoms with Crippen molar-refractivity contribution < 1.29 is 0 Å². The molecule has 50 valence electrons. The van der Waals surface area contributed by atoms with E-state index in [2.05, 4.69) is 39.9 Å². The van der Waals surface area contributed by atoms with Crippen LogP contribution < -0.4 is 0 Å². The van der Waals surface area contributed by atoms with E-state index >= 15 is 0 Å². The van der Waals surface area contributed by atoms with Crippen molar-refractivity contribution in [2.24, 2.45) is 0 Å². The van der Waals surface area contributed by atoms with Crippen molar-refractivity contribution in [2.45, 2.75) is 26.2 Å². The highest BCUT2D eigenvalue weighted by Crippen LogP contribution is 1.99. The van der Waals surface area contributed by atoms with Crippen LogP contribution in [-0.2, 0) is 0 Å². The summed E-state index contributed by atoms with van der Waals surface area (Å²) in [6.45, 7) is 3.46. The Balaban J connectivity index is 2.72. The van der Waals surface area contributed by atoms with Crippen molar-refractivity contribution in [1.82, 2.24) is 3.11 Å². The first-order chi connectivity index (χ1) is 3.77. The van der Waals surface area contributed by atoms with E-state index in [1.54, 1.807) is 0 Å². The molecule has 0 spiro atoms. The molecule has 8 heavy (non-hydrogen) atoms. The summed E-state index contributed by atoms with van der Waals surface area (Å²) in [5, 5.41) is 0. The van der Waals surface area contributed by atoms with E-state index in [-0.39, 0.29) is 0 Å². The summed E-state index contributed by atoms with van der Waals surface area (Å²) < 4.78 is 2.20. The Morgan fingerprint density at radius 3 is 2.38 bits per heavy atom. The van der Waals surface area contributed by atoms with Gasteiger partial charge in [0.1, 0.15) is 0 Å². The maximum absolute atomic E-state index is 2.32. The minimum absolute atomic E-state index is 1.23. The number of unbranched alkanes of at least 4 members (excludes halogenated alkanes) is 2. The summed E-state index contributed by atoms with van der Waals surface area (Å²) in [6.07, 6.45) is 4.04. The van der Waals surface area contributed by atoms with Crippen molar-refractivity contribution in [3.8, 4) is 0 Å². The van der Waals surface area contributed by atoms with Crippen LogP contribution in [0.2, 0.25) is 0 Å². The lowest BCUT2D eigenvalue weighted by atomic mass is 10.2. The molecule has 0 aliphatic carbocycles. The van der Waals surface area contributed by atoms with Crippen molar-refractivity contribution in [3.63, 3.8) is 0 Å². The van der Waals surface area contributed by atoms with Gasteiger partial charge in [-0.3, -0.25) is 3.11 Å².